The van der Waals surface area contributed by atoms with Crippen molar-refractivity contribution in [1.29, 1.82) is 0 Å². The van der Waals surface area contributed by atoms with E-state index in [1.165, 1.54) is 0 Å². The highest BCUT2D eigenvalue weighted by atomic mass is 35.5. The number of hydrogen-bond donors (Lipinski definition) is 2. The van der Waals surface area contributed by atoms with E-state index in [2.05, 4.69) is 17.9 Å². The Bertz CT molecular complexity index is 381. The third-order valence-electron chi connectivity index (χ3n) is 2.42. The van der Waals surface area contributed by atoms with Crippen LogP contribution >= 0.6 is 24.2 Å². The summed E-state index contributed by atoms with van der Waals surface area (Å²) in [5.41, 5.74) is 2.08. The SMILES string of the molecule is CCC(NC(=O)CS)c1ccc(C)cc1Cl. The van der Waals surface area contributed by atoms with Gasteiger partial charge in [0.25, 0.3) is 0 Å². The molecule has 1 aromatic rings. The molecule has 0 fully saturated rings. The summed E-state index contributed by atoms with van der Waals surface area (Å²) in [6.45, 7) is 4.00. The Morgan fingerprint density at radius 1 is 1.56 bits per heavy atom. The van der Waals surface area contributed by atoms with Crippen LogP contribution < -0.4 is 5.32 Å². The molecule has 0 spiro atoms. The Kier molecular flexibility index (Phi) is 5.16. The van der Waals surface area contributed by atoms with Crippen molar-refractivity contribution in [3.05, 3.63) is 34.3 Å². The Morgan fingerprint density at radius 3 is 2.75 bits per heavy atom. The maximum atomic E-state index is 11.3. The van der Waals surface area contributed by atoms with E-state index >= 15 is 0 Å². The molecule has 0 saturated carbocycles. The summed E-state index contributed by atoms with van der Waals surface area (Å²) < 4.78 is 0. The number of rotatable bonds is 4. The molecule has 0 aromatic heterocycles. The molecule has 88 valence electrons. The predicted octanol–water partition coefficient (Wildman–Crippen LogP) is 3.15. The zero-order chi connectivity index (χ0) is 12.1. The number of carbonyl (C=O) groups is 1. The minimum atomic E-state index is -0.0770. The van der Waals surface area contributed by atoms with E-state index in [0.717, 1.165) is 17.5 Å². The van der Waals surface area contributed by atoms with Gasteiger partial charge in [-0.3, -0.25) is 4.79 Å². The summed E-state index contributed by atoms with van der Waals surface area (Å²) in [5.74, 6) is 0.117. The molecule has 1 N–H and O–H groups in total. The molecule has 1 unspecified atom stereocenters. The quantitative estimate of drug-likeness (QED) is 0.798. The van der Waals surface area contributed by atoms with Gasteiger partial charge in [0.1, 0.15) is 0 Å². The van der Waals surface area contributed by atoms with Gasteiger partial charge in [0.2, 0.25) is 5.91 Å². The van der Waals surface area contributed by atoms with Crippen molar-refractivity contribution in [2.45, 2.75) is 26.3 Å². The number of aryl methyl sites for hydroxylation is 1. The number of amides is 1. The zero-order valence-corrected chi connectivity index (χ0v) is 11.1. The van der Waals surface area contributed by atoms with Crippen LogP contribution in [0.15, 0.2) is 18.2 Å². The van der Waals surface area contributed by atoms with E-state index < -0.39 is 0 Å². The fourth-order valence-electron chi connectivity index (χ4n) is 1.55. The maximum absolute atomic E-state index is 11.3. The van der Waals surface area contributed by atoms with Gasteiger partial charge >= 0.3 is 0 Å². The molecule has 1 amide bonds. The van der Waals surface area contributed by atoms with Crippen LogP contribution in [0.4, 0.5) is 0 Å². The molecule has 0 heterocycles. The summed E-state index contributed by atoms with van der Waals surface area (Å²) in [6.07, 6.45) is 0.808. The summed E-state index contributed by atoms with van der Waals surface area (Å²) in [6, 6.07) is 5.83. The van der Waals surface area contributed by atoms with E-state index in [1.807, 2.05) is 32.0 Å². The van der Waals surface area contributed by atoms with Gasteiger partial charge < -0.3 is 5.32 Å². The molecule has 2 nitrogen and oxygen atoms in total. The molecular formula is C12H16ClNOS. The van der Waals surface area contributed by atoms with E-state index in [1.54, 1.807) is 0 Å². The molecule has 0 aliphatic heterocycles. The van der Waals surface area contributed by atoms with E-state index in [9.17, 15) is 4.79 Å². The van der Waals surface area contributed by atoms with Crippen LogP contribution in [-0.4, -0.2) is 11.7 Å². The van der Waals surface area contributed by atoms with Crippen LogP contribution in [0.2, 0.25) is 5.02 Å². The van der Waals surface area contributed by atoms with E-state index in [-0.39, 0.29) is 17.7 Å². The third-order valence-corrected chi connectivity index (χ3v) is 3.03. The first kappa shape index (κ1) is 13.4. The van der Waals surface area contributed by atoms with Gasteiger partial charge in [-0.1, -0.05) is 30.7 Å². The fourth-order valence-corrected chi connectivity index (χ4v) is 2.01. The van der Waals surface area contributed by atoms with Crippen molar-refractivity contribution in [1.82, 2.24) is 5.32 Å². The molecule has 4 heteroatoms. The average Bonchev–Trinajstić information content (AvgIpc) is 2.26. The molecule has 1 rings (SSSR count). The molecule has 0 saturated heterocycles. The summed E-state index contributed by atoms with van der Waals surface area (Å²) >= 11 is 10.1. The third kappa shape index (κ3) is 3.42. The molecule has 0 radical (unpaired) electrons. The molecule has 16 heavy (non-hydrogen) atoms. The van der Waals surface area contributed by atoms with Gasteiger partial charge in [0, 0.05) is 5.02 Å². The molecule has 0 aliphatic rings. The smallest absolute Gasteiger partial charge is 0.230 e. The number of carbonyl (C=O) groups excluding carboxylic acids is 1. The van der Waals surface area contributed by atoms with E-state index in [4.69, 9.17) is 11.6 Å². The molecule has 0 aliphatic carbocycles. The number of thiol groups is 1. The minimum Gasteiger partial charge on any atom is -0.349 e. The molecule has 0 bridgehead atoms. The van der Waals surface area contributed by atoms with Crippen LogP contribution in [0.3, 0.4) is 0 Å². The molecule has 1 atom stereocenters. The second-order valence-electron chi connectivity index (χ2n) is 3.71. The van der Waals surface area contributed by atoms with Crippen LogP contribution in [-0.2, 0) is 4.79 Å². The highest BCUT2D eigenvalue weighted by Crippen LogP contribution is 2.26. The van der Waals surface area contributed by atoms with Gasteiger partial charge in [-0.2, -0.15) is 12.6 Å². The van der Waals surface area contributed by atoms with Crippen molar-refractivity contribution in [2.24, 2.45) is 0 Å². The Labute approximate surface area is 107 Å². The minimum absolute atomic E-state index is 0.0345. The molecule has 1 aromatic carbocycles. The fraction of sp³-hybridized carbons (Fsp3) is 0.417. The maximum Gasteiger partial charge on any atom is 0.230 e. The number of nitrogens with one attached hydrogen (secondary N) is 1. The zero-order valence-electron chi connectivity index (χ0n) is 9.46. The predicted molar refractivity (Wildman–Crippen MR) is 71.2 cm³/mol. The Hall–Kier alpha value is -0.670. The van der Waals surface area contributed by atoms with Crippen molar-refractivity contribution < 1.29 is 4.79 Å². The number of benzene rings is 1. The van der Waals surface area contributed by atoms with Crippen LogP contribution in [0.25, 0.3) is 0 Å². The summed E-state index contributed by atoms with van der Waals surface area (Å²) in [7, 11) is 0. The molecular weight excluding hydrogens is 242 g/mol. The van der Waals surface area contributed by atoms with Crippen molar-refractivity contribution in [3.63, 3.8) is 0 Å². The van der Waals surface area contributed by atoms with Crippen molar-refractivity contribution >= 4 is 30.1 Å². The first-order chi connectivity index (χ1) is 7.58. The van der Waals surface area contributed by atoms with Crippen LogP contribution in [0, 0.1) is 6.92 Å². The normalized spacial score (nSPS) is 12.2. The second kappa shape index (κ2) is 6.16. The number of hydrogen-bond acceptors (Lipinski definition) is 2. The Balaban J connectivity index is 2.90. The van der Waals surface area contributed by atoms with Gasteiger partial charge in [-0.15, -0.1) is 0 Å². The lowest BCUT2D eigenvalue weighted by Crippen LogP contribution is -2.29. The monoisotopic (exact) mass is 257 g/mol. The van der Waals surface area contributed by atoms with Crippen LogP contribution in [0.5, 0.6) is 0 Å². The first-order valence-corrected chi connectivity index (χ1v) is 6.25. The average molecular weight is 258 g/mol. The largest absolute Gasteiger partial charge is 0.349 e. The Morgan fingerprint density at radius 2 is 2.25 bits per heavy atom. The van der Waals surface area contributed by atoms with Crippen molar-refractivity contribution in [2.75, 3.05) is 5.75 Å². The summed E-state index contributed by atoms with van der Waals surface area (Å²) in [5, 5.41) is 3.59. The highest BCUT2D eigenvalue weighted by molar-refractivity contribution is 7.81. The van der Waals surface area contributed by atoms with Gasteiger partial charge in [0.05, 0.1) is 11.8 Å². The standard InChI is InChI=1S/C12H16ClNOS/c1-3-11(14-12(15)7-16)9-5-4-8(2)6-10(9)13/h4-6,11,16H,3,7H2,1-2H3,(H,14,15). The number of halogens is 1. The first-order valence-electron chi connectivity index (χ1n) is 5.24. The van der Waals surface area contributed by atoms with Gasteiger partial charge in [0.15, 0.2) is 0 Å². The lowest BCUT2D eigenvalue weighted by molar-refractivity contribution is -0.119. The van der Waals surface area contributed by atoms with Gasteiger partial charge in [-0.05, 0) is 30.5 Å². The second-order valence-corrected chi connectivity index (χ2v) is 4.43. The van der Waals surface area contributed by atoms with Crippen molar-refractivity contribution in [3.8, 4) is 0 Å². The van der Waals surface area contributed by atoms with Gasteiger partial charge in [-0.25, -0.2) is 0 Å². The van der Waals surface area contributed by atoms with Crippen LogP contribution in [0.1, 0.15) is 30.5 Å². The summed E-state index contributed by atoms with van der Waals surface area (Å²) in [4.78, 5) is 11.3. The van der Waals surface area contributed by atoms with E-state index in [0.29, 0.717) is 5.02 Å². The lowest BCUT2D eigenvalue weighted by atomic mass is 10.0. The lowest BCUT2D eigenvalue weighted by Gasteiger charge is -2.18. The highest BCUT2D eigenvalue weighted by Gasteiger charge is 2.14. The topological polar surface area (TPSA) is 29.1 Å².